The molecule has 0 unspecified atom stereocenters. The van der Waals surface area contributed by atoms with Crippen LogP contribution >= 0.6 is 0 Å². The number of fused-ring (bicyclic) bond motifs is 1. The lowest BCUT2D eigenvalue weighted by Crippen LogP contribution is -2.21. The lowest BCUT2D eigenvalue weighted by Gasteiger charge is -2.21. The number of Topliss-reactive ketones (excluding diaryl/α,β-unsaturated/α-hetero) is 1. The van der Waals surface area contributed by atoms with Crippen molar-refractivity contribution in [1.29, 1.82) is 0 Å². The van der Waals surface area contributed by atoms with Gasteiger partial charge in [-0.2, -0.15) is 5.10 Å². The van der Waals surface area contributed by atoms with E-state index in [1.807, 2.05) is 44.6 Å². The van der Waals surface area contributed by atoms with Gasteiger partial charge in [-0.3, -0.25) is 14.5 Å². The Kier molecular flexibility index (Phi) is 4.23. The van der Waals surface area contributed by atoms with Crippen LogP contribution in [0.25, 0.3) is 22.2 Å². The lowest BCUT2D eigenvalue weighted by molar-refractivity contribution is -0.117. The Morgan fingerprint density at radius 1 is 1.31 bits per heavy atom. The summed E-state index contributed by atoms with van der Waals surface area (Å²) in [5, 5.41) is 5.53. The second kappa shape index (κ2) is 6.56. The van der Waals surface area contributed by atoms with E-state index >= 15 is 0 Å². The van der Waals surface area contributed by atoms with Crippen molar-refractivity contribution in [2.24, 2.45) is 13.0 Å². The van der Waals surface area contributed by atoms with Crippen molar-refractivity contribution < 1.29 is 9.53 Å². The molecular formula is C21H23N3O2. The highest BCUT2D eigenvalue weighted by molar-refractivity contribution is 5.89. The zero-order chi connectivity index (χ0) is 18.3. The molecule has 0 radical (unpaired) electrons. The summed E-state index contributed by atoms with van der Waals surface area (Å²) in [4.78, 5) is 16.2. The van der Waals surface area contributed by atoms with Gasteiger partial charge in [0.25, 0.3) is 0 Å². The van der Waals surface area contributed by atoms with Crippen molar-refractivity contribution in [2.75, 3.05) is 0 Å². The molecule has 0 spiro atoms. The number of aromatic nitrogens is 3. The van der Waals surface area contributed by atoms with Gasteiger partial charge in [-0.15, -0.1) is 0 Å². The van der Waals surface area contributed by atoms with E-state index in [4.69, 9.17) is 4.74 Å². The molecule has 2 heterocycles. The van der Waals surface area contributed by atoms with Crippen LogP contribution in [0.1, 0.15) is 31.7 Å². The molecule has 134 valence electrons. The van der Waals surface area contributed by atoms with Crippen molar-refractivity contribution in [3.05, 3.63) is 42.2 Å². The third kappa shape index (κ3) is 3.21. The Labute approximate surface area is 153 Å². The lowest BCUT2D eigenvalue weighted by atomic mass is 10.0. The molecule has 5 heteroatoms. The summed E-state index contributed by atoms with van der Waals surface area (Å²) < 4.78 is 8.12. The average Bonchev–Trinajstić information content (AvgIpc) is 3.20. The molecule has 1 aliphatic carbocycles. The van der Waals surface area contributed by atoms with E-state index in [2.05, 4.69) is 23.1 Å². The molecule has 0 saturated heterocycles. The zero-order valence-corrected chi connectivity index (χ0v) is 15.4. The minimum absolute atomic E-state index is 0.00826. The van der Waals surface area contributed by atoms with Crippen LogP contribution in [0.15, 0.2) is 36.7 Å². The minimum Gasteiger partial charge on any atom is -0.490 e. The molecule has 0 N–H and O–H groups in total. The Morgan fingerprint density at radius 2 is 2.15 bits per heavy atom. The summed E-state index contributed by atoms with van der Waals surface area (Å²) in [7, 11) is 1.91. The summed E-state index contributed by atoms with van der Waals surface area (Å²) in [6, 6.07) is 8.15. The van der Waals surface area contributed by atoms with Gasteiger partial charge in [0.1, 0.15) is 11.5 Å². The second-order valence-corrected chi connectivity index (χ2v) is 7.30. The number of ether oxygens (including phenoxy) is 1. The van der Waals surface area contributed by atoms with Crippen molar-refractivity contribution in [3.8, 4) is 17.0 Å². The summed E-state index contributed by atoms with van der Waals surface area (Å²) in [6.07, 6.45) is 6.04. The number of nitrogens with zero attached hydrogens (tertiary/aromatic N) is 3. The van der Waals surface area contributed by atoms with Crippen LogP contribution < -0.4 is 4.74 Å². The fourth-order valence-electron chi connectivity index (χ4n) is 3.63. The summed E-state index contributed by atoms with van der Waals surface area (Å²) in [6.45, 7) is 4.08. The molecule has 1 fully saturated rings. The van der Waals surface area contributed by atoms with Gasteiger partial charge >= 0.3 is 0 Å². The normalized spacial score (nSPS) is 18.4. The number of hydrogen-bond acceptors (Lipinski definition) is 4. The Bertz CT molecular complexity index is 959. The van der Waals surface area contributed by atoms with E-state index in [9.17, 15) is 4.79 Å². The third-order valence-corrected chi connectivity index (χ3v) is 5.17. The maximum atomic E-state index is 11.6. The Hall–Kier alpha value is -2.69. The van der Waals surface area contributed by atoms with Crippen LogP contribution in [-0.4, -0.2) is 26.7 Å². The number of benzene rings is 1. The number of carbonyl (C=O) groups excluding carboxylic acids is 1. The number of ketones is 1. The summed E-state index contributed by atoms with van der Waals surface area (Å²) >= 11 is 0. The fraction of sp³-hybridized carbons (Fsp3) is 0.381. The standard InChI is InChI=1S/C21H23N3O2/c1-13-4-7-19(22-11-13)16-9-20-18(12-24(3)23-20)21(10-16)26-14(2)15-5-6-17(25)8-15/h4,7,9-12,14-15H,5-6,8H2,1-3H3/t14-,15+/m1/s1. The quantitative estimate of drug-likeness (QED) is 0.712. The monoisotopic (exact) mass is 349 g/mol. The molecule has 0 bridgehead atoms. The van der Waals surface area contributed by atoms with Gasteiger partial charge in [-0.05, 0) is 44.0 Å². The molecule has 0 aliphatic heterocycles. The van der Waals surface area contributed by atoms with E-state index < -0.39 is 0 Å². The molecule has 3 aromatic rings. The van der Waals surface area contributed by atoms with Crippen molar-refractivity contribution >= 4 is 16.7 Å². The number of aryl methyl sites for hydroxylation is 2. The molecule has 1 aromatic carbocycles. The smallest absolute Gasteiger partial charge is 0.133 e. The van der Waals surface area contributed by atoms with E-state index in [1.165, 1.54) is 0 Å². The van der Waals surface area contributed by atoms with Crippen LogP contribution in [0.4, 0.5) is 0 Å². The largest absolute Gasteiger partial charge is 0.490 e. The topological polar surface area (TPSA) is 57.0 Å². The van der Waals surface area contributed by atoms with Gasteiger partial charge in [0, 0.05) is 43.8 Å². The maximum Gasteiger partial charge on any atom is 0.133 e. The SMILES string of the molecule is Cc1ccc(-c2cc(O[C@H](C)[C@H]3CCC(=O)C3)c3cn(C)nc3c2)nc1. The molecule has 4 rings (SSSR count). The van der Waals surface area contributed by atoms with Gasteiger partial charge in [0.05, 0.1) is 22.7 Å². The van der Waals surface area contributed by atoms with E-state index in [1.54, 1.807) is 4.68 Å². The number of rotatable bonds is 4. The summed E-state index contributed by atoms with van der Waals surface area (Å²) in [5.74, 6) is 1.43. The van der Waals surface area contributed by atoms with Gasteiger partial charge in [-0.25, -0.2) is 0 Å². The number of hydrogen-bond donors (Lipinski definition) is 0. The molecule has 26 heavy (non-hydrogen) atoms. The van der Waals surface area contributed by atoms with E-state index in [0.717, 1.165) is 39.9 Å². The zero-order valence-electron chi connectivity index (χ0n) is 15.4. The summed E-state index contributed by atoms with van der Waals surface area (Å²) in [5.41, 5.74) is 3.90. The number of pyridine rings is 1. The van der Waals surface area contributed by atoms with Crippen LogP contribution in [0.3, 0.4) is 0 Å². The van der Waals surface area contributed by atoms with Gasteiger partial charge in [-0.1, -0.05) is 6.07 Å². The van der Waals surface area contributed by atoms with Gasteiger partial charge in [0.2, 0.25) is 0 Å². The first-order chi connectivity index (χ1) is 12.5. The predicted octanol–water partition coefficient (Wildman–Crippen LogP) is 4.08. The minimum atomic E-state index is -0.00826. The van der Waals surface area contributed by atoms with Crippen molar-refractivity contribution in [2.45, 2.75) is 39.2 Å². The predicted molar refractivity (Wildman–Crippen MR) is 101 cm³/mol. The first-order valence-corrected chi connectivity index (χ1v) is 9.08. The van der Waals surface area contributed by atoms with Crippen molar-refractivity contribution in [1.82, 2.24) is 14.8 Å². The molecule has 2 atom stereocenters. The van der Waals surface area contributed by atoms with Gasteiger partial charge < -0.3 is 4.74 Å². The molecule has 0 amide bonds. The third-order valence-electron chi connectivity index (χ3n) is 5.17. The van der Waals surface area contributed by atoms with Crippen LogP contribution in [0.5, 0.6) is 5.75 Å². The highest BCUT2D eigenvalue weighted by Crippen LogP contribution is 2.34. The van der Waals surface area contributed by atoms with Crippen LogP contribution in [0, 0.1) is 12.8 Å². The van der Waals surface area contributed by atoms with E-state index in [0.29, 0.717) is 18.6 Å². The number of carbonyl (C=O) groups is 1. The Balaban J connectivity index is 1.72. The second-order valence-electron chi connectivity index (χ2n) is 7.30. The average molecular weight is 349 g/mol. The maximum absolute atomic E-state index is 11.6. The Morgan fingerprint density at radius 3 is 2.85 bits per heavy atom. The highest BCUT2D eigenvalue weighted by Gasteiger charge is 2.28. The molecule has 2 aromatic heterocycles. The fourth-order valence-corrected chi connectivity index (χ4v) is 3.63. The molecule has 1 saturated carbocycles. The van der Waals surface area contributed by atoms with Crippen molar-refractivity contribution in [3.63, 3.8) is 0 Å². The van der Waals surface area contributed by atoms with Crippen LogP contribution in [0.2, 0.25) is 0 Å². The molecule has 5 nitrogen and oxygen atoms in total. The molecule has 1 aliphatic rings. The first-order valence-electron chi connectivity index (χ1n) is 9.08. The molecular weight excluding hydrogens is 326 g/mol. The van der Waals surface area contributed by atoms with Gasteiger partial charge in [0.15, 0.2) is 0 Å². The first kappa shape index (κ1) is 16.8. The van der Waals surface area contributed by atoms with Crippen LogP contribution in [-0.2, 0) is 11.8 Å². The highest BCUT2D eigenvalue weighted by atomic mass is 16.5. The van der Waals surface area contributed by atoms with E-state index in [-0.39, 0.29) is 12.0 Å².